The molecule has 2 aromatic rings. The van der Waals surface area contributed by atoms with Crippen molar-refractivity contribution in [3.8, 4) is 0 Å². The molecule has 20 heavy (non-hydrogen) atoms. The maximum atomic E-state index is 12.8. The first-order valence-corrected chi connectivity index (χ1v) is 6.21. The highest BCUT2D eigenvalue weighted by molar-refractivity contribution is 5.40. The number of non-ortho nitro benzene ring substituents is 1. The van der Waals surface area contributed by atoms with E-state index in [0.717, 1.165) is 11.1 Å². The summed E-state index contributed by atoms with van der Waals surface area (Å²) >= 11 is 0. The minimum atomic E-state index is -0.429. The second-order valence-corrected chi connectivity index (χ2v) is 4.80. The molecule has 2 N–H and O–H groups in total. The van der Waals surface area contributed by atoms with E-state index < -0.39 is 4.92 Å². The second kappa shape index (κ2) is 5.79. The zero-order valence-electron chi connectivity index (χ0n) is 11.0. The summed E-state index contributed by atoms with van der Waals surface area (Å²) in [5.41, 5.74) is 8.52. The van der Waals surface area contributed by atoms with Crippen molar-refractivity contribution < 1.29 is 9.31 Å². The lowest BCUT2D eigenvalue weighted by molar-refractivity contribution is -0.385. The first-order chi connectivity index (χ1) is 9.45. The average molecular weight is 274 g/mol. The van der Waals surface area contributed by atoms with Gasteiger partial charge in [0, 0.05) is 18.2 Å². The van der Waals surface area contributed by atoms with Gasteiger partial charge in [0.05, 0.1) is 4.92 Å². The molecule has 0 spiro atoms. The van der Waals surface area contributed by atoms with Crippen molar-refractivity contribution in [2.24, 2.45) is 5.73 Å². The van der Waals surface area contributed by atoms with E-state index in [9.17, 15) is 14.5 Å². The summed E-state index contributed by atoms with van der Waals surface area (Å²) in [6, 6.07) is 10.6. The number of rotatable bonds is 4. The molecule has 104 valence electrons. The van der Waals surface area contributed by atoms with Crippen LogP contribution in [-0.4, -0.2) is 4.92 Å². The maximum Gasteiger partial charge on any atom is 0.270 e. The predicted octanol–water partition coefficient (Wildman–Crippen LogP) is 3.28. The molecular formula is C15H15FN2O2. The van der Waals surface area contributed by atoms with Crippen LogP contribution in [-0.2, 0) is 6.42 Å². The summed E-state index contributed by atoms with van der Waals surface area (Å²) in [6.45, 7) is 1.79. The highest BCUT2D eigenvalue weighted by atomic mass is 19.1. The fraction of sp³-hybridized carbons (Fsp3) is 0.200. The van der Waals surface area contributed by atoms with Crippen LogP contribution >= 0.6 is 0 Å². The molecule has 0 bridgehead atoms. The average Bonchev–Trinajstić information content (AvgIpc) is 2.40. The fourth-order valence-electron chi connectivity index (χ4n) is 2.10. The number of benzene rings is 2. The normalized spacial score (nSPS) is 12.2. The third kappa shape index (κ3) is 3.39. The van der Waals surface area contributed by atoms with E-state index in [1.54, 1.807) is 19.1 Å². The van der Waals surface area contributed by atoms with E-state index in [1.165, 1.54) is 24.3 Å². The van der Waals surface area contributed by atoms with Gasteiger partial charge in [0.2, 0.25) is 0 Å². The summed E-state index contributed by atoms with van der Waals surface area (Å²) in [6.07, 6.45) is 0.501. The monoisotopic (exact) mass is 274 g/mol. The van der Waals surface area contributed by atoms with E-state index >= 15 is 0 Å². The van der Waals surface area contributed by atoms with Crippen molar-refractivity contribution in [1.82, 2.24) is 0 Å². The molecular weight excluding hydrogens is 259 g/mol. The van der Waals surface area contributed by atoms with Gasteiger partial charge >= 0.3 is 0 Å². The molecule has 0 aliphatic heterocycles. The van der Waals surface area contributed by atoms with Gasteiger partial charge in [-0.15, -0.1) is 0 Å². The van der Waals surface area contributed by atoms with Crippen LogP contribution in [0.1, 0.15) is 22.7 Å². The van der Waals surface area contributed by atoms with Crippen molar-refractivity contribution in [3.05, 3.63) is 75.1 Å². The maximum absolute atomic E-state index is 12.8. The van der Waals surface area contributed by atoms with Crippen molar-refractivity contribution in [2.75, 3.05) is 0 Å². The number of nitrogens with zero attached hydrogens (tertiary/aromatic N) is 1. The molecule has 0 aliphatic carbocycles. The third-order valence-electron chi connectivity index (χ3n) is 3.09. The van der Waals surface area contributed by atoms with Gasteiger partial charge < -0.3 is 5.73 Å². The number of aryl methyl sites for hydroxylation is 1. The van der Waals surface area contributed by atoms with E-state index in [2.05, 4.69) is 0 Å². The van der Waals surface area contributed by atoms with Crippen LogP contribution in [0.25, 0.3) is 0 Å². The molecule has 0 aromatic heterocycles. The summed E-state index contributed by atoms with van der Waals surface area (Å²) in [4.78, 5) is 10.4. The van der Waals surface area contributed by atoms with Crippen LogP contribution in [0.2, 0.25) is 0 Å². The molecule has 0 saturated carbocycles. The van der Waals surface area contributed by atoms with E-state index in [-0.39, 0.29) is 17.5 Å². The SMILES string of the molecule is Cc1cc(C(N)Cc2ccc(F)cc2)cc([N+](=O)[O-])c1. The van der Waals surface area contributed by atoms with Crippen molar-refractivity contribution in [2.45, 2.75) is 19.4 Å². The largest absolute Gasteiger partial charge is 0.324 e. The summed E-state index contributed by atoms with van der Waals surface area (Å²) in [5.74, 6) is -0.298. The molecule has 2 rings (SSSR count). The van der Waals surface area contributed by atoms with E-state index in [1.807, 2.05) is 6.07 Å². The Balaban J connectivity index is 2.22. The molecule has 1 atom stereocenters. The van der Waals surface area contributed by atoms with Crippen LogP contribution in [0.4, 0.5) is 10.1 Å². The fourth-order valence-corrected chi connectivity index (χ4v) is 2.10. The molecule has 0 heterocycles. The van der Waals surface area contributed by atoms with Crippen molar-refractivity contribution in [1.29, 1.82) is 0 Å². The Morgan fingerprint density at radius 3 is 2.50 bits per heavy atom. The van der Waals surface area contributed by atoms with Crippen LogP contribution < -0.4 is 5.73 Å². The molecule has 0 amide bonds. The summed E-state index contributed by atoms with van der Waals surface area (Å²) < 4.78 is 12.8. The smallest absolute Gasteiger partial charge is 0.270 e. The Morgan fingerprint density at radius 2 is 1.90 bits per heavy atom. The van der Waals surface area contributed by atoms with Gasteiger partial charge in [-0.25, -0.2) is 4.39 Å². The molecule has 0 radical (unpaired) electrons. The molecule has 0 aliphatic rings. The minimum absolute atomic E-state index is 0.0366. The standard InChI is InChI=1S/C15H15FN2O2/c1-10-6-12(9-14(7-10)18(19)20)15(17)8-11-2-4-13(16)5-3-11/h2-7,9,15H,8,17H2,1H3. The van der Waals surface area contributed by atoms with Crippen LogP contribution in [0.3, 0.4) is 0 Å². The number of nitro benzene ring substituents is 1. The summed E-state index contributed by atoms with van der Waals surface area (Å²) in [7, 11) is 0. The van der Waals surface area contributed by atoms with Gasteiger partial charge in [-0.2, -0.15) is 0 Å². The molecule has 2 aromatic carbocycles. The van der Waals surface area contributed by atoms with Gasteiger partial charge in [-0.3, -0.25) is 10.1 Å². The van der Waals surface area contributed by atoms with Crippen LogP contribution in [0, 0.1) is 22.9 Å². The second-order valence-electron chi connectivity index (χ2n) is 4.80. The lowest BCUT2D eigenvalue weighted by Gasteiger charge is -2.13. The first-order valence-electron chi connectivity index (χ1n) is 6.21. The zero-order valence-corrected chi connectivity index (χ0v) is 11.0. The van der Waals surface area contributed by atoms with Gasteiger partial charge in [-0.1, -0.05) is 18.2 Å². The Kier molecular flexibility index (Phi) is 4.10. The van der Waals surface area contributed by atoms with Gasteiger partial charge in [0.25, 0.3) is 5.69 Å². The number of hydrogen-bond acceptors (Lipinski definition) is 3. The number of nitro groups is 1. The summed E-state index contributed by atoms with van der Waals surface area (Å²) in [5, 5.41) is 10.8. The predicted molar refractivity (Wildman–Crippen MR) is 74.9 cm³/mol. The number of halogens is 1. The molecule has 5 heteroatoms. The minimum Gasteiger partial charge on any atom is -0.324 e. The molecule has 0 saturated heterocycles. The number of nitrogens with two attached hydrogens (primary N) is 1. The Hall–Kier alpha value is -2.27. The van der Waals surface area contributed by atoms with Crippen molar-refractivity contribution in [3.63, 3.8) is 0 Å². The third-order valence-corrected chi connectivity index (χ3v) is 3.09. The Morgan fingerprint density at radius 1 is 1.25 bits per heavy atom. The van der Waals surface area contributed by atoms with Crippen LogP contribution in [0.15, 0.2) is 42.5 Å². The molecule has 1 unspecified atom stereocenters. The zero-order chi connectivity index (χ0) is 14.7. The van der Waals surface area contributed by atoms with Crippen molar-refractivity contribution >= 4 is 5.69 Å². The van der Waals surface area contributed by atoms with Crippen LogP contribution in [0.5, 0.6) is 0 Å². The highest BCUT2D eigenvalue weighted by Crippen LogP contribution is 2.23. The van der Waals surface area contributed by atoms with E-state index in [0.29, 0.717) is 12.0 Å². The Bertz CT molecular complexity index is 626. The lowest BCUT2D eigenvalue weighted by atomic mass is 9.98. The quantitative estimate of drug-likeness (QED) is 0.687. The Labute approximate surface area is 116 Å². The van der Waals surface area contributed by atoms with E-state index in [4.69, 9.17) is 5.73 Å². The number of hydrogen-bond donors (Lipinski definition) is 1. The van der Waals surface area contributed by atoms with Gasteiger partial charge in [-0.05, 0) is 42.2 Å². The van der Waals surface area contributed by atoms with Gasteiger partial charge in [0.15, 0.2) is 0 Å². The highest BCUT2D eigenvalue weighted by Gasteiger charge is 2.13. The topological polar surface area (TPSA) is 69.2 Å². The molecule has 0 fully saturated rings. The van der Waals surface area contributed by atoms with Gasteiger partial charge in [0.1, 0.15) is 5.82 Å². The molecule has 4 nitrogen and oxygen atoms in total. The lowest BCUT2D eigenvalue weighted by Crippen LogP contribution is -2.14. The first kappa shape index (κ1) is 14.1.